The summed E-state index contributed by atoms with van der Waals surface area (Å²) < 4.78 is 6.54. The van der Waals surface area contributed by atoms with Gasteiger partial charge in [-0.2, -0.15) is 0 Å². The molecule has 5 heteroatoms. The Morgan fingerprint density at radius 2 is 1.80 bits per heavy atom. The lowest BCUT2D eigenvalue weighted by atomic mass is 10.1. The Kier molecular flexibility index (Phi) is 6.76. The molecule has 0 N–H and O–H groups in total. The van der Waals surface area contributed by atoms with Crippen LogP contribution in [0.25, 0.3) is 0 Å². The normalized spacial score (nSPS) is 17.7. The summed E-state index contributed by atoms with van der Waals surface area (Å²) in [6.45, 7) is 7.67. The summed E-state index contributed by atoms with van der Waals surface area (Å²) in [7, 11) is 0. The quantitative estimate of drug-likeness (QED) is 0.544. The zero-order chi connectivity index (χ0) is 11.9. The van der Waals surface area contributed by atoms with Gasteiger partial charge in [-0.1, -0.05) is 0 Å². The van der Waals surface area contributed by atoms with E-state index in [2.05, 4.69) is 20.9 Å². The molecule has 1 fully saturated rings. The van der Waals surface area contributed by atoms with Gasteiger partial charge in [-0.3, -0.25) is 9.59 Å². The van der Waals surface area contributed by atoms with E-state index < -0.39 is 0 Å². The number of ketones is 1. The number of rotatable bonds is 1. The molecule has 0 saturated carbocycles. The molecule has 0 radical (unpaired) electrons. The van der Waals surface area contributed by atoms with Crippen LogP contribution in [-0.4, -0.2) is 34.9 Å². The van der Waals surface area contributed by atoms with Crippen LogP contribution in [-0.2, 0) is 14.3 Å². The molecule has 1 aliphatic rings. The Labute approximate surface area is 99.3 Å². The molecular weight excluding hydrogens is 262 g/mol. The second-order valence-corrected chi connectivity index (χ2v) is 5.28. The van der Waals surface area contributed by atoms with Crippen molar-refractivity contribution in [3.05, 3.63) is 0 Å². The first-order valence-electron chi connectivity index (χ1n) is 4.89. The van der Waals surface area contributed by atoms with Crippen LogP contribution in [0.4, 0.5) is 0 Å². The molecule has 0 aromatic rings. The molecule has 0 amide bonds. The molecule has 0 atom stereocenters. The smallest absolute Gasteiger partial charge is 0.293 e. The minimum Gasteiger partial charge on any atom is -0.462 e. The molecule has 0 spiro atoms. The Morgan fingerprint density at radius 1 is 1.33 bits per heavy atom. The van der Waals surface area contributed by atoms with Gasteiger partial charge in [0.05, 0.1) is 0 Å². The number of nitrogens with zero attached hydrogens (tertiary/aromatic N) is 1. The van der Waals surface area contributed by atoms with Crippen LogP contribution < -0.4 is 0 Å². The third-order valence-electron chi connectivity index (χ3n) is 1.67. The molecule has 4 nitrogen and oxygen atoms in total. The predicted molar refractivity (Wildman–Crippen MR) is 61.6 cm³/mol. The van der Waals surface area contributed by atoms with Gasteiger partial charge >= 0.3 is 0 Å². The Morgan fingerprint density at radius 3 is 2.00 bits per heavy atom. The van der Waals surface area contributed by atoms with Gasteiger partial charge in [-0.25, -0.2) is 3.93 Å². The van der Waals surface area contributed by atoms with Crippen molar-refractivity contribution < 1.29 is 14.3 Å². The maximum absolute atomic E-state index is 10.6. The van der Waals surface area contributed by atoms with E-state index in [-0.39, 0.29) is 5.60 Å². The summed E-state index contributed by atoms with van der Waals surface area (Å²) in [6.07, 6.45) is 1.43. The van der Waals surface area contributed by atoms with Crippen LogP contribution >= 0.6 is 16.1 Å². The van der Waals surface area contributed by atoms with E-state index in [9.17, 15) is 9.59 Å². The molecule has 1 saturated heterocycles. The van der Waals surface area contributed by atoms with E-state index in [0.29, 0.717) is 25.1 Å². The minimum atomic E-state index is -0.318. The third-order valence-corrected chi connectivity index (χ3v) is 2.38. The molecule has 88 valence electrons. The van der Waals surface area contributed by atoms with Crippen LogP contribution in [0.5, 0.6) is 0 Å². The first kappa shape index (κ1) is 14.6. The fourth-order valence-electron chi connectivity index (χ4n) is 0.873. The number of ether oxygens (including phenoxy) is 1. The van der Waals surface area contributed by atoms with Crippen molar-refractivity contribution in [2.45, 2.75) is 39.2 Å². The lowest BCUT2D eigenvalue weighted by Crippen LogP contribution is -2.25. The van der Waals surface area contributed by atoms with Crippen LogP contribution in [0, 0.1) is 0 Å². The van der Waals surface area contributed by atoms with E-state index in [0.717, 1.165) is 13.1 Å². The highest BCUT2D eigenvalue weighted by atomic mass is 79.9. The van der Waals surface area contributed by atoms with Crippen molar-refractivity contribution in [2.75, 3.05) is 13.1 Å². The largest absolute Gasteiger partial charge is 0.462 e. The van der Waals surface area contributed by atoms with Gasteiger partial charge in [-0.05, 0) is 20.8 Å². The molecule has 1 rings (SSSR count). The SMILES string of the molecule is CC(C)(C)OC=O.O=C1CCN(Br)CC1. The highest BCUT2D eigenvalue weighted by Gasteiger charge is 2.12. The summed E-state index contributed by atoms with van der Waals surface area (Å²) in [5.41, 5.74) is -0.318. The van der Waals surface area contributed by atoms with Gasteiger partial charge in [0.2, 0.25) is 0 Å². The van der Waals surface area contributed by atoms with E-state index >= 15 is 0 Å². The maximum Gasteiger partial charge on any atom is 0.293 e. The minimum absolute atomic E-state index is 0.318. The second-order valence-electron chi connectivity index (χ2n) is 4.27. The zero-order valence-electron chi connectivity index (χ0n) is 9.46. The van der Waals surface area contributed by atoms with Gasteiger partial charge in [0, 0.05) is 42.1 Å². The molecule has 0 aromatic heterocycles. The van der Waals surface area contributed by atoms with Crippen molar-refractivity contribution in [1.29, 1.82) is 0 Å². The Hall–Kier alpha value is -0.420. The number of carbonyl (C=O) groups is 2. The van der Waals surface area contributed by atoms with Crippen molar-refractivity contribution in [3.8, 4) is 0 Å². The first-order chi connectivity index (χ1) is 6.85. The van der Waals surface area contributed by atoms with E-state index in [4.69, 9.17) is 0 Å². The summed E-state index contributed by atoms with van der Waals surface area (Å²) >= 11 is 3.30. The van der Waals surface area contributed by atoms with Crippen molar-refractivity contribution in [1.82, 2.24) is 3.93 Å². The maximum atomic E-state index is 10.6. The molecular formula is C10H18BrNO3. The average Bonchev–Trinajstić information content (AvgIpc) is 2.09. The first-order valence-corrected chi connectivity index (χ1v) is 5.60. The highest BCUT2D eigenvalue weighted by Crippen LogP contribution is 2.08. The average molecular weight is 280 g/mol. The highest BCUT2D eigenvalue weighted by molar-refractivity contribution is 9.07. The van der Waals surface area contributed by atoms with Gasteiger partial charge < -0.3 is 4.74 Å². The summed E-state index contributed by atoms with van der Waals surface area (Å²) in [6, 6.07) is 0. The number of Topliss-reactive ketones (excluding diaryl/α,β-unsaturated/α-hetero) is 1. The molecule has 1 heterocycles. The standard InChI is InChI=1S/C5H8BrNO.C5H10O2/c6-7-3-1-5(8)2-4-7;1-5(2,3)7-4-6/h1-4H2;4H,1-3H3. The Balaban J connectivity index is 0.000000265. The molecule has 0 aromatic carbocycles. The number of piperidine rings is 1. The monoisotopic (exact) mass is 279 g/mol. The Bertz CT molecular complexity index is 203. The van der Waals surface area contributed by atoms with Crippen molar-refractivity contribution in [2.24, 2.45) is 0 Å². The van der Waals surface area contributed by atoms with Crippen LogP contribution in [0.15, 0.2) is 0 Å². The number of hydrogen-bond donors (Lipinski definition) is 0. The fourth-order valence-corrected chi connectivity index (χ4v) is 1.23. The second kappa shape index (κ2) is 6.95. The molecule has 15 heavy (non-hydrogen) atoms. The lowest BCUT2D eigenvalue weighted by molar-refractivity contribution is -0.138. The molecule has 0 unspecified atom stereocenters. The van der Waals surface area contributed by atoms with Crippen molar-refractivity contribution >= 4 is 28.4 Å². The van der Waals surface area contributed by atoms with Crippen LogP contribution in [0.1, 0.15) is 33.6 Å². The number of carbonyl (C=O) groups excluding carboxylic acids is 2. The van der Waals surface area contributed by atoms with E-state index in [1.54, 1.807) is 0 Å². The van der Waals surface area contributed by atoms with Gasteiger partial charge in [0.15, 0.2) is 0 Å². The van der Waals surface area contributed by atoms with E-state index in [1.807, 2.05) is 24.7 Å². The van der Waals surface area contributed by atoms with Gasteiger partial charge in [-0.15, -0.1) is 0 Å². The predicted octanol–water partition coefficient (Wildman–Crippen LogP) is 1.92. The van der Waals surface area contributed by atoms with Crippen molar-refractivity contribution in [3.63, 3.8) is 0 Å². The fraction of sp³-hybridized carbons (Fsp3) is 0.800. The number of halogens is 1. The van der Waals surface area contributed by atoms with Gasteiger partial charge in [0.25, 0.3) is 6.47 Å². The molecule has 0 bridgehead atoms. The summed E-state index contributed by atoms with van der Waals surface area (Å²) in [5, 5.41) is 0. The molecule has 0 aliphatic carbocycles. The lowest BCUT2D eigenvalue weighted by Gasteiger charge is -2.17. The zero-order valence-corrected chi connectivity index (χ0v) is 11.0. The van der Waals surface area contributed by atoms with Crippen LogP contribution in [0.2, 0.25) is 0 Å². The van der Waals surface area contributed by atoms with E-state index in [1.165, 1.54) is 0 Å². The number of hydrogen-bond acceptors (Lipinski definition) is 4. The molecule has 1 aliphatic heterocycles. The third kappa shape index (κ3) is 9.87. The summed E-state index contributed by atoms with van der Waals surface area (Å²) in [4.78, 5) is 20.2. The van der Waals surface area contributed by atoms with Crippen LogP contribution in [0.3, 0.4) is 0 Å². The van der Waals surface area contributed by atoms with Gasteiger partial charge in [0.1, 0.15) is 11.4 Å². The summed E-state index contributed by atoms with van der Waals surface area (Å²) in [5.74, 6) is 0.390. The topological polar surface area (TPSA) is 46.6 Å².